The summed E-state index contributed by atoms with van der Waals surface area (Å²) < 4.78 is 0. The monoisotopic (exact) mass is 327 g/mol. The van der Waals surface area contributed by atoms with Crippen LogP contribution in [0.1, 0.15) is 27.7 Å². The van der Waals surface area contributed by atoms with Crippen LogP contribution in [0.3, 0.4) is 0 Å². The fourth-order valence-corrected chi connectivity index (χ4v) is 2.56. The average molecular weight is 327 g/mol. The minimum Gasteiger partial charge on any atom is -0.353 e. The highest BCUT2D eigenvalue weighted by atomic mass is 16.2. The van der Waals surface area contributed by atoms with Crippen molar-refractivity contribution in [2.75, 3.05) is 45.8 Å². The number of nitrogens with zero attached hydrogens (tertiary/aromatic N) is 2. The molecule has 0 aliphatic carbocycles. The molecule has 0 aromatic heterocycles. The lowest BCUT2D eigenvalue weighted by Crippen LogP contribution is -2.53. The molecule has 7 nitrogen and oxygen atoms in total. The third-order valence-electron chi connectivity index (χ3n) is 4.52. The molecule has 4 N–H and O–H groups in total. The maximum atomic E-state index is 11.8. The van der Waals surface area contributed by atoms with E-state index in [1.54, 1.807) is 0 Å². The highest BCUT2D eigenvalue weighted by Gasteiger charge is 2.21. The summed E-state index contributed by atoms with van der Waals surface area (Å²) in [5, 5.41) is 5.46. The van der Waals surface area contributed by atoms with Gasteiger partial charge in [-0.1, -0.05) is 20.8 Å². The standard InChI is InChI=1S/C16H33N5O2/c1-5-20-6-8-21(9-7-20)13(4)10-18-14(22)11-19-16(23)15(17)12(2)3/h12-13,15H,5-11,17H2,1-4H3,(H,18,22)(H,19,23)/t13?,15-/m0/s1. The zero-order valence-electron chi connectivity index (χ0n) is 15.0. The van der Waals surface area contributed by atoms with E-state index < -0.39 is 6.04 Å². The smallest absolute Gasteiger partial charge is 0.239 e. The topological polar surface area (TPSA) is 90.7 Å². The molecule has 0 spiro atoms. The van der Waals surface area contributed by atoms with E-state index in [-0.39, 0.29) is 24.3 Å². The maximum Gasteiger partial charge on any atom is 0.239 e. The van der Waals surface area contributed by atoms with Gasteiger partial charge in [-0.15, -0.1) is 0 Å². The number of carbonyl (C=O) groups excluding carboxylic acids is 2. The van der Waals surface area contributed by atoms with E-state index in [4.69, 9.17) is 5.73 Å². The van der Waals surface area contributed by atoms with Crippen molar-refractivity contribution in [1.29, 1.82) is 0 Å². The number of carbonyl (C=O) groups is 2. The van der Waals surface area contributed by atoms with Crippen LogP contribution in [0.15, 0.2) is 0 Å². The Balaban J connectivity index is 2.21. The van der Waals surface area contributed by atoms with Gasteiger partial charge in [-0.3, -0.25) is 14.5 Å². The molecule has 1 heterocycles. The Kier molecular flexibility index (Phi) is 8.51. The summed E-state index contributed by atoms with van der Waals surface area (Å²) >= 11 is 0. The van der Waals surface area contributed by atoms with Gasteiger partial charge in [0.1, 0.15) is 0 Å². The van der Waals surface area contributed by atoms with Crippen molar-refractivity contribution in [3.05, 3.63) is 0 Å². The normalized spacial score (nSPS) is 19.4. The molecular weight excluding hydrogens is 294 g/mol. The molecule has 0 bridgehead atoms. The molecule has 0 saturated carbocycles. The summed E-state index contributed by atoms with van der Waals surface area (Å²) in [6.45, 7) is 14.0. The molecule has 1 rings (SSSR count). The lowest BCUT2D eigenvalue weighted by atomic mass is 10.1. The predicted octanol–water partition coefficient (Wildman–Crippen LogP) is -0.772. The Bertz CT molecular complexity index is 381. The summed E-state index contributed by atoms with van der Waals surface area (Å²) in [6.07, 6.45) is 0. The summed E-state index contributed by atoms with van der Waals surface area (Å²) in [6, 6.07) is -0.275. The van der Waals surface area contributed by atoms with E-state index in [1.807, 2.05) is 13.8 Å². The highest BCUT2D eigenvalue weighted by molar-refractivity contribution is 5.87. The SMILES string of the molecule is CCN1CCN(C(C)CNC(=O)CNC(=O)[C@@H](N)C(C)C)CC1. The zero-order chi connectivity index (χ0) is 17.4. The molecule has 2 amide bonds. The number of nitrogens with one attached hydrogen (secondary N) is 2. The second kappa shape index (κ2) is 9.85. The van der Waals surface area contributed by atoms with Gasteiger partial charge >= 0.3 is 0 Å². The molecule has 23 heavy (non-hydrogen) atoms. The number of nitrogens with two attached hydrogens (primary N) is 1. The summed E-state index contributed by atoms with van der Waals surface area (Å²) in [5.41, 5.74) is 5.73. The van der Waals surface area contributed by atoms with E-state index in [1.165, 1.54) is 0 Å². The third kappa shape index (κ3) is 6.85. The van der Waals surface area contributed by atoms with Gasteiger partial charge in [0.15, 0.2) is 0 Å². The first kappa shape index (κ1) is 19.9. The van der Waals surface area contributed by atoms with Gasteiger partial charge in [-0.25, -0.2) is 0 Å². The summed E-state index contributed by atoms with van der Waals surface area (Å²) in [7, 11) is 0. The first-order valence-electron chi connectivity index (χ1n) is 8.61. The molecule has 1 saturated heterocycles. The van der Waals surface area contributed by atoms with Gasteiger partial charge in [0.2, 0.25) is 11.8 Å². The Morgan fingerprint density at radius 2 is 1.70 bits per heavy atom. The lowest BCUT2D eigenvalue weighted by molar-refractivity contribution is -0.127. The van der Waals surface area contributed by atoms with Gasteiger partial charge in [0.05, 0.1) is 12.6 Å². The van der Waals surface area contributed by atoms with E-state index in [0.717, 1.165) is 32.7 Å². The van der Waals surface area contributed by atoms with Crippen molar-refractivity contribution in [2.24, 2.45) is 11.7 Å². The van der Waals surface area contributed by atoms with Crippen molar-refractivity contribution in [1.82, 2.24) is 20.4 Å². The van der Waals surface area contributed by atoms with Crippen LogP contribution in [-0.4, -0.2) is 79.5 Å². The van der Waals surface area contributed by atoms with Crippen molar-refractivity contribution in [3.63, 3.8) is 0 Å². The molecular formula is C16H33N5O2. The first-order chi connectivity index (χ1) is 10.8. The minimum atomic E-state index is -0.573. The van der Waals surface area contributed by atoms with Crippen LogP contribution < -0.4 is 16.4 Å². The molecule has 134 valence electrons. The van der Waals surface area contributed by atoms with Crippen LogP contribution in [0.2, 0.25) is 0 Å². The van der Waals surface area contributed by atoms with Gasteiger partial charge in [-0.2, -0.15) is 0 Å². The molecule has 0 aromatic carbocycles. The number of hydrogen-bond donors (Lipinski definition) is 3. The average Bonchev–Trinajstić information content (AvgIpc) is 2.56. The van der Waals surface area contributed by atoms with Crippen LogP contribution in [0, 0.1) is 5.92 Å². The van der Waals surface area contributed by atoms with Crippen LogP contribution in [0.4, 0.5) is 0 Å². The molecule has 0 aromatic rings. The maximum absolute atomic E-state index is 11.8. The van der Waals surface area contributed by atoms with Gasteiger partial charge in [0.25, 0.3) is 0 Å². The van der Waals surface area contributed by atoms with Crippen LogP contribution in [-0.2, 0) is 9.59 Å². The number of likely N-dealkylation sites (N-methyl/N-ethyl adjacent to an activating group) is 1. The molecule has 7 heteroatoms. The fraction of sp³-hybridized carbons (Fsp3) is 0.875. The van der Waals surface area contributed by atoms with Crippen molar-refractivity contribution in [3.8, 4) is 0 Å². The Morgan fingerprint density at radius 3 is 2.22 bits per heavy atom. The largest absolute Gasteiger partial charge is 0.353 e. The van der Waals surface area contributed by atoms with Crippen LogP contribution in [0.5, 0.6) is 0 Å². The number of amides is 2. The minimum absolute atomic E-state index is 0.0183. The Hall–Kier alpha value is -1.18. The molecule has 1 aliphatic rings. The zero-order valence-corrected chi connectivity index (χ0v) is 15.0. The third-order valence-corrected chi connectivity index (χ3v) is 4.52. The summed E-state index contributed by atoms with van der Waals surface area (Å²) in [5.74, 6) is -0.396. The highest BCUT2D eigenvalue weighted by Crippen LogP contribution is 2.05. The second-order valence-electron chi connectivity index (χ2n) is 6.61. The van der Waals surface area contributed by atoms with Gasteiger partial charge < -0.3 is 21.3 Å². The van der Waals surface area contributed by atoms with Gasteiger partial charge in [-0.05, 0) is 19.4 Å². The van der Waals surface area contributed by atoms with E-state index in [0.29, 0.717) is 12.6 Å². The van der Waals surface area contributed by atoms with E-state index in [9.17, 15) is 9.59 Å². The number of piperazine rings is 1. The Labute approximate surface area is 139 Å². The van der Waals surface area contributed by atoms with Crippen LogP contribution >= 0.6 is 0 Å². The van der Waals surface area contributed by atoms with Crippen molar-refractivity contribution in [2.45, 2.75) is 39.8 Å². The second-order valence-corrected chi connectivity index (χ2v) is 6.61. The quantitative estimate of drug-likeness (QED) is 0.544. The molecule has 1 aliphatic heterocycles. The Morgan fingerprint density at radius 1 is 1.09 bits per heavy atom. The fourth-order valence-electron chi connectivity index (χ4n) is 2.56. The molecule has 0 radical (unpaired) electrons. The van der Waals surface area contributed by atoms with E-state index >= 15 is 0 Å². The van der Waals surface area contributed by atoms with Gasteiger partial charge in [0, 0.05) is 38.8 Å². The van der Waals surface area contributed by atoms with Crippen molar-refractivity contribution >= 4 is 11.8 Å². The first-order valence-corrected chi connectivity index (χ1v) is 8.61. The van der Waals surface area contributed by atoms with Crippen molar-refractivity contribution < 1.29 is 9.59 Å². The van der Waals surface area contributed by atoms with Crippen LogP contribution in [0.25, 0.3) is 0 Å². The summed E-state index contributed by atoms with van der Waals surface area (Å²) in [4.78, 5) is 28.4. The molecule has 1 fully saturated rings. The number of rotatable bonds is 8. The molecule has 2 atom stereocenters. The van der Waals surface area contributed by atoms with E-state index in [2.05, 4.69) is 34.3 Å². The lowest BCUT2D eigenvalue weighted by Gasteiger charge is -2.37. The number of hydrogen-bond acceptors (Lipinski definition) is 5. The molecule has 1 unspecified atom stereocenters. The predicted molar refractivity (Wildman–Crippen MR) is 92.0 cm³/mol.